The van der Waals surface area contributed by atoms with E-state index in [0.29, 0.717) is 5.56 Å². The molecule has 0 bridgehead atoms. The van der Waals surface area contributed by atoms with E-state index in [9.17, 15) is 9.59 Å². The summed E-state index contributed by atoms with van der Waals surface area (Å²) in [4.78, 5) is 21.4. The van der Waals surface area contributed by atoms with E-state index in [1.807, 2.05) is 0 Å². The van der Waals surface area contributed by atoms with Gasteiger partial charge in [0.05, 0.1) is 11.1 Å². The van der Waals surface area contributed by atoms with Gasteiger partial charge in [0.25, 0.3) is 0 Å². The van der Waals surface area contributed by atoms with E-state index in [0.717, 1.165) is 0 Å². The van der Waals surface area contributed by atoms with Crippen molar-refractivity contribution in [2.75, 3.05) is 0 Å². The normalized spacial score (nSPS) is 9.86. The number of rotatable bonds is 2. The number of benzene rings is 1. The summed E-state index contributed by atoms with van der Waals surface area (Å²) in [5.74, 6) is -2.35. The fourth-order valence-electron chi connectivity index (χ4n) is 1.13. The molecule has 74 valence electrons. The second kappa shape index (κ2) is 3.71. The lowest BCUT2D eigenvalue weighted by atomic mass is 10.0. The molecular weight excluding hydrogens is 204 g/mol. The van der Waals surface area contributed by atoms with Crippen LogP contribution in [0.4, 0.5) is 0 Å². The Balaban J connectivity index is 3.49. The Morgan fingerprint density at radius 2 is 1.79 bits per heavy atom. The minimum atomic E-state index is -1.18. The maximum atomic E-state index is 10.8. The molecule has 0 aromatic heterocycles. The molecule has 0 heterocycles. The van der Waals surface area contributed by atoms with Gasteiger partial charge in [-0.3, -0.25) is 0 Å². The third kappa shape index (κ3) is 1.72. The van der Waals surface area contributed by atoms with Crippen LogP contribution in [0.5, 0.6) is 0 Å². The maximum absolute atomic E-state index is 10.8. The summed E-state index contributed by atoms with van der Waals surface area (Å²) in [6, 6.07) is 2.79. The standard InChI is InChI=1S/C9H8O4S/c1-4-2-3-5(8(10)11)7(14)6(4)9(12)13/h2-3,14H,1H3,(H,10,11)(H,12,13). The maximum Gasteiger partial charge on any atom is 0.337 e. The van der Waals surface area contributed by atoms with Crippen molar-refractivity contribution in [2.45, 2.75) is 11.8 Å². The number of thiol groups is 1. The van der Waals surface area contributed by atoms with Gasteiger partial charge in [0.2, 0.25) is 0 Å². The number of hydrogen-bond acceptors (Lipinski definition) is 3. The first-order valence-corrected chi connectivity index (χ1v) is 4.19. The smallest absolute Gasteiger partial charge is 0.337 e. The molecule has 0 aliphatic carbocycles. The lowest BCUT2D eigenvalue weighted by Gasteiger charge is -2.06. The van der Waals surface area contributed by atoms with Crippen molar-refractivity contribution >= 4 is 24.6 Å². The molecule has 0 amide bonds. The number of carboxylic acid groups (broad SMARTS) is 2. The van der Waals surface area contributed by atoms with Gasteiger partial charge < -0.3 is 10.2 Å². The molecule has 1 aromatic rings. The van der Waals surface area contributed by atoms with Crippen LogP contribution in [-0.2, 0) is 0 Å². The SMILES string of the molecule is Cc1ccc(C(=O)O)c(S)c1C(=O)O. The van der Waals surface area contributed by atoms with Crippen molar-refractivity contribution in [1.29, 1.82) is 0 Å². The van der Waals surface area contributed by atoms with Crippen LogP contribution in [0.1, 0.15) is 26.3 Å². The predicted molar refractivity (Wildman–Crippen MR) is 52.3 cm³/mol. The molecular formula is C9H8O4S. The van der Waals surface area contributed by atoms with E-state index in [1.165, 1.54) is 12.1 Å². The van der Waals surface area contributed by atoms with Crippen LogP contribution >= 0.6 is 12.6 Å². The highest BCUT2D eigenvalue weighted by Crippen LogP contribution is 2.22. The molecule has 0 atom stereocenters. The Labute approximate surface area is 85.6 Å². The summed E-state index contributed by atoms with van der Waals surface area (Å²) in [7, 11) is 0. The van der Waals surface area contributed by atoms with Crippen molar-refractivity contribution in [3.63, 3.8) is 0 Å². The second-order valence-electron chi connectivity index (χ2n) is 2.76. The minimum Gasteiger partial charge on any atom is -0.478 e. The van der Waals surface area contributed by atoms with Crippen molar-refractivity contribution in [3.8, 4) is 0 Å². The highest BCUT2D eigenvalue weighted by molar-refractivity contribution is 7.80. The molecule has 0 aliphatic rings. The molecule has 1 aromatic carbocycles. The van der Waals surface area contributed by atoms with Crippen molar-refractivity contribution in [3.05, 3.63) is 28.8 Å². The van der Waals surface area contributed by atoms with E-state index < -0.39 is 11.9 Å². The Bertz CT molecular complexity index is 412. The molecule has 0 saturated heterocycles. The molecule has 0 unspecified atom stereocenters. The average molecular weight is 212 g/mol. The zero-order chi connectivity index (χ0) is 10.9. The lowest BCUT2D eigenvalue weighted by Crippen LogP contribution is -2.07. The van der Waals surface area contributed by atoms with E-state index >= 15 is 0 Å². The zero-order valence-electron chi connectivity index (χ0n) is 7.31. The van der Waals surface area contributed by atoms with Crippen LogP contribution in [0.25, 0.3) is 0 Å². The molecule has 0 aliphatic heterocycles. The van der Waals surface area contributed by atoms with Crippen LogP contribution in [0.3, 0.4) is 0 Å². The molecule has 0 radical (unpaired) electrons. The summed E-state index contributed by atoms with van der Waals surface area (Å²) in [5, 5.41) is 17.5. The van der Waals surface area contributed by atoms with Gasteiger partial charge >= 0.3 is 11.9 Å². The Kier molecular flexibility index (Phi) is 2.81. The van der Waals surface area contributed by atoms with Crippen LogP contribution in [0, 0.1) is 6.92 Å². The quantitative estimate of drug-likeness (QED) is 0.652. The largest absolute Gasteiger partial charge is 0.478 e. The van der Waals surface area contributed by atoms with Gasteiger partial charge in [0.1, 0.15) is 0 Å². The third-order valence-corrected chi connectivity index (χ3v) is 2.30. The third-order valence-electron chi connectivity index (χ3n) is 1.83. The van der Waals surface area contributed by atoms with Crippen molar-refractivity contribution in [1.82, 2.24) is 0 Å². The van der Waals surface area contributed by atoms with Gasteiger partial charge in [0.15, 0.2) is 0 Å². The van der Waals surface area contributed by atoms with E-state index in [-0.39, 0.29) is 16.0 Å². The summed E-state index contributed by atoms with van der Waals surface area (Å²) in [6.45, 7) is 1.59. The Morgan fingerprint density at radius 3 is 2.21 bits per heavy atom. The van der Waals surface area contributed by atoms with Crippen LogP contribution < -0.4 is 0 Å². The molecule has 14 heavy (non-hydrogen) atoms. The van der Waals surface area contributed by atoms with Gasteiger partial charge in [-0.15, -0.1) is 12.6 Å². The molecule has 5 heteroatoms. The van der Waals surface area contributed by atoms with E-state index in [2.05, 4.69) is 12.6 Å². The number of aromatic carboxylic acids is 2. The molecule has 0 fully saturated rings. The summed E-state index contributed by atoms with van der Waals surface area (Å²) in [6.07, 6.45) is 0. The Morgan fingerprint density at radius 1 is 1.21 bits per heavy atom. The van der Waals surface area contributed by atoms with Crippen molar-refractivity contribution in [2.24, 2.45) is 0 Å². The number of hydrogen-bond donors (Lipinski definition) is 3. The monoisotopic (exact) mass is 212 g/mol. The molecule has 4 nitrogen and oxygen atoms in total. The van der Waals surface area contributed by atoms with Gasteiger partial charge in [-0.2, -0.15) is 0 Å². The van der Waals surface area contributed by atoms with E-state index in [1.54, 1.807) is 6.92 Å². The average Bonchev–Trinajstić information content (AvgIpc) is 2.02. The van der Waals surface area contributed by atoms with Crippen LogP contribution in [-0.4, -0.2) is 22.2 Å². The summed E-state index contributed by atoms with van der Waals surface area (Å²) in [5.41, 5.74) is 0.331. The molecule has 0 saturated carbocycles. The zero-order valence-corrected chi connectivity index (χ0v) is 8.21. The predicted octanol–water partition coefficient (Wildman–Crippen LogP) is 1.68. The van der Waals surface area contributed by atoms with Gasteiger partial charge in [0, 0.05) is 4.90 Å². The van der Waals surface area contributed by atoms with Gasteiger partial charge in [-0.1, -0.05) is 6.07 Å². The fourth-order valence-corrected chi connectivity index (χ4v) is 1.58. The van der Waals surface area contributed by atoms with E-state index in [4.69, 9.17) is 10.2 Å². The molecule has 2 N–H and O–H groups in total. The fraction of sp³-hybridized carbons (Fsp3) is 0.111. The molecule has 0 spiro atoms. The van der Waals surface area contributed by atoms with Crippen LogP contribution in [0.2, 0.25) is 0 Å². The highest BCUT2D eigenvalue weighted by atomic mass is 32.1. The number of carbonyl (C=O) groups is 2. The highest BCUT2D eigenvalue weighted by Gasteiger charge is 2.17. The van der Waals surface area contributed by atoms with Gasteiger partial charge in [-0.05, 0) is 18.6 Å². The van der Waals surface area contributed by atoms with Gasteiger partial charge in [-0.25, -0.2) is 9.59 Å². The number of aryl methyl sites for hydroxylation is 1. The Hall–Kier alpha value is -1.49. The topological polar surface area (TPSA) is 74.6 Å². The first kappa shape index (κ1) is 10.6. The summed E-state index contributed by atoms with van der Waals surface area (Å²) < 4.78 is 0. The lowest BCUT2D eigenvalue weighted by molar-refractivity contribution is 0.0690. The molecule has 1 rings (SSSR count). The second-order valence-corrected chi connectivity index (χ2v) is 3.21. The first-order valence-electron chi connectivity index (χ1n) is 3.74. The first-order chi connectivity index (χ1) is 6.45. The minimum absolute atomic E-state index is 0.00926. The summed E-state index contributed by atoms with van der Waals surface area (Å²) >= 11 is 3.90. The van der Waals surface area contributed by atoms with Crippen molar-refractivity contribution < 1.29 is 19.8 Å². The van der Waals surface area contributed by atoms with Crippen LogP contribution in [0.15, 0.2) is 17.0 Å². The number of carboxylic acids is 2.